The number of allylic oxidation sites excluding steroid dienone is 4. The normalized spacial score (nSPS) is 41.3. The van der Waals surface area contributed by atoms with Crippen molar-refractivity contribution in [3.8, 4) is 0 Å². The van der Waals surface area contributed by atoms with Crippen LogP contribution < -0.4 is 0 Å². The van der Waals surface area contributed by atoms with Crippen molar-refractivity contribution >= 4 is 29.5 Å². The third-order valence-corrected chi connectivity index (χ3v) is 8.52. The lowest BCUT2D eigenvalue weighted by Gasteiger charge is -2.53. The van der Waals surface area contributed by atoms with Crippen LogP contribution in [0.15, 0.2) is 35.9 Å². The van der Waals surface area contributed by atoms with Crippen LogP contribution in [0.2, 0.25) is 0 Å². The topological polar surface area (TPSA) is 86.7 Å². The third-order valence-electron chi connectivity index (χ3n) is 8.52. The first-order valence-corrected chi connectivity index (χ1v) is 11.0. The van der Waals surface area contributed by atoms with Gasteiger partial charge in [-0.1, -0.05) is 41.5 Å². The van der Waals surface area contributed by atoms with Crippen molar-refractivity contribution in [2.75, 3.05) is 0 Å². The zero-order valence-electron chi connectivity index (χ0n) is 16.9. The van der Waals surface area contributed by atoms with Gasteiger partial charge in [0.05, 0.1) is 23.7 Å². The van der Waals surface area contributed by atoms with Crippen LogP contribution in [0, 0.1) is 54.3 Å². The van der Waals surface area contributed by atoms with Crippen LogP contribution in [0.1, 0.15) is 23.1 Å². The van der Waals surface area contributed by atoms with Gasteiger partial charge in [0.1, 0.15) is 0 Å². The Bertz CT molecular complexity index is 1190. The quantitative estimate of drug-likeness (QED) is 0.367. The Morgan fingerprint density at radius 1 is 0.806 bits per heavy atom. The summed E-state index contributed by atoms with van der Waals surface area (Å²) in [6, 6.07) is 6.39. The molecule has 6 nitrogen and oxygen atoms in total. The fourth-order valence-corrected chi connectivity index (χ4v) is 7.50. The first-order valence-electron chi connectivity index (χ1n) is 11.0. The molecule has 7 aliphatic rings. The second-order valence-electron chi connectivity index (χ2n) is 9.77. The van der Waals surface area contributed by atoms with E-state index in [1.807, 2.05) is 19.1 Å². The molecule has 31 heavy (non-hydrogen) atoms. The molecule has 8 atom stereocenters. The molecular formula is C25H20O6. The summed E-state index contributed by atoms with van der Waals surface area (Å²) >= 11 is 0. The molecule has 0 radical (unpaired) electrons. The standard InChI is InChI=1S/C25H20O6/c1-9-2-3-10-4-5-11-15(14(10)8-9)16-12-6-7-13(19-18(12)22(26)30-23(19)27)17(16)21-20(11)24(28)31-25(21)29/h2-3,6-8,11-13,17-21H,4-5H2,1H3. The largest absolute Gasteiger partial charge is 0.393 e. The lowest BCUT2D eigenvalue weighted by molar-refractivity contribution is -0.156. The van der Waals surface area contributed by atoms with Crippen molar-refractivity contribution in [3.63, 3.8) is 0 Å². The zero-order chi connectivity index (χ0) is 21.2. The SMILES string of the molecule is Cc1ccc2c(c1)C1=C3C4C=CC(C5C(=O)OC(=O)C45)C3C3C(=O)OC(=O)C3C1CC2. The number of aryl methyl sites for hydroxylation is 2. The maximum absolute atomic E-state index is 12.9. The highest BCUT2D eigenvalue weighted by molar-refractivity contribution is 6.02. The summed E-state index contributed by atoms with van der Waals surface area (Å²) in [5, 5.41) is 0. The van der Waals surface area contributed by atoms with E-state index in [1.54, 1.807) is 0 Å². The average molecular weight is 416 g/mol. The molecule has 1 saturated carbocycles. The van der Waals surface area contributed by atoms with E-state index in [1.165, 1.54) is 5.56 Å². The van der Waals surface area contributed by atoms with Crippen LogP contribution >= 0.6 is 0 Å². The van der Waals surface area contributed by atoms with Gasteiger partial charge in [-0.2, -0.15) is 0 Å². The second-order valence-corrected chi connectivity index (χ2v) is 9.77. The molecule has 2 saturated heterocycles. The van der Waals surface area contributed by atoms with Crippen molar-refractivity contribution in [2.45, 2.75) is 19.8 Å². The van der Waals surface area contributed by atoms with Crippen molar-refractivity contribution in [2.24, 2.45) is 47.3 Å². The first kappa shape index (κ1) is 17.6. The molecular weight excluding hydrogens is 396 g/mol. The minimum Gasteiger partial charge on any atom is -0.393 e. The number of rotatable bonds is 0. The van der Waals surface area contributed by atoms with Gasteiger partial charge in [-0.3, -0.25) is 19.2 Å². The summed E-state index contributed by atoms with van der Waals surface area (Å²) in [5.41, 5.74) is 5.64. The molecule has 1 aromatic rings. The maximum atomic E-state index is 12.9. The molecule has 156 valence electrons. The van der Waals surface area contributed by atoms with Crippen LogP contribution in [0.25, 0.3) is 5.57 Å². The number of fused-ring (bicyclic) bond motifs is 5. The van der Waals surface area contributed by atoms with Gasteiger partial charge >= 0.3 is 23.9 Å². The van der Waals surface area contributed by atoms with E-state index in [4.69, 9.17) is 9.47 Å². The van der Waals surface area contributed by atoms with Crippen molar-refractivity contribution in [1.82, 2.24) is 0 Å². The summed E-state index contributed by atoms with van der Waals surface area (Å²) in [6.07, 6.45) is 5.59. The molecule has 5 aliphatic carbocycles. The van der Waals surface area contributed by atoms with Gasteiger partial charge in [0.15, 0.2) is 0 Å². The van der Waals surface area contributed by atoms with Crippen molar-refractivity contribution in [1.29, 1.82) is 0 Å². The van der Waals surface area contributed by atoms with Gasteiger partial charge in [-0.05, 0) is 48.3 Å². The zero-order valence-corrected chi connectivity index (χ0v) is 16.9. The van der Waals surface area contributed by atoms with Gasteiger partial charge in [0.2, 0.25) is 0 Å². The Morgan fingerprint density at radius 3 is 2.32 bits per heavy atom. The fourth-order valence-electron chi connectivity index (χ4n) is 7.50. The fraction of sp³-hybridized carbons (Fsp3) is 0.440. The Labute approximate surface area is 178 Å². The lowest BCUT2D eigenvalue weighted by Crippen LogP contribution is -2.53. The van der Waals surface area contributed by atoms with Crippen LogP contribution in [0.3, 0.4) is 0 Å². The predicted octanol–water partition coefficient (Wildman–Crippen LogP) is 2.39. The van der Waals surface area contributed by atoms with Crippen molar-refractivity contribution in [3.05, 3.63) is 52.6 Å². The molecule has 8 rings (SSSR count). The smallest absolute Gasteiger partial charge is 0.318 e. The number of hydrogen-bond acceptors (Lipinski definition) is 6. The second kappa shape index (κ2) is 5.61. The van der Waals surface area contributed by atoms with E-state index < -0.39 is 47.5 Å². The monoisotopic (exact) mass is 416 g/mol. The van der Waals surface area contributed by atoms with Gasteiger partial charge in [-0.15, -0.1) is 0 Å². The van der Waals surface area contributed by atoms with E-state index in [0.29, 0.717) is 0 Å². The Morgan fingerprint density at radius 2 is 1.52 bits per heavy atom. The van der Waals surface area contributed by atoms with Gasteiger partial charge in [0.25, 0.3) is 0 Å². The number of cyclic esters (lactones) is 4. The summed E-state index contributed by atoms with van der Waals surface area (Å²) in [4.78, 5) is 51.0. The summed E-state index contributed by atoms with van der Waals surface area (Å²) in [6.45, 7) is 2.04. The Kier molecular flexibility index (Phi) is 3.19. The van der Waals surface area contributed by atoms with Crippen LogP contribution in [-0.4, -0.2) is 23.9 Å². The van der Waals surface area contributed by atoms with Gasteiger partial charge in [0, 0.05) is 11.8 Å². The molecule has 2 aliphatic heterocycles. The average Bonchev–Trinajstić information content (AvgIpc) is 3.23. The summed E-state index contributed by atoms with van der Waals surface area (Å²) < 4.78 is 10.2. The molecule has 0 aromatic heterocycles. The van der Waals surface area contributed by atoms with E-state index in [2.05, 4.69) is 18.2 Å². The van der Waals surface area contributed by atoms with E-state index in [-0.39, 0.29) is 23.7 Å². The van der Waals surface area contributed by atoms with E-state index in [9.17, 15) is 19.2 Å². The van der Waals surface area contributed by atoms with Crippen LogP contribution in [0.5, 0.6) is 0 Å². The number of esters is 4. The Hall–Kier alpha value is -3.02. The number of hydrogen-bond donors (Lipinski definition) is 0. The maximum Gasteiger partial charge on any atom is 0.318 e. The molecule has 3 fully saturated rings. The highest BCUT2D eigenvalue weighted by Crippen LogP contribution is 2.65. The molecule has 1 aromatic carbocycles. The molecule has 8 unspecified atom stereocenters. The van der Waals surface area contributed by atoms with Gasteiger partial charge < -0.3 is 9.47 Å². The number of ether oxygens (including phenoxy) is 2. The van der Waals surface area contributed by atoms with Crippen LogP contribution in [-0.2, 0) is 35.1 Å². The molecule has 2 bridgehead atoms. The first-order chi connectivity index (χ1) is 15.0. The molecule has 0 N–H and O–H groups in total. The van der Waals surface area contributed by atoms with E-state index >= 15 is 0 Å². The predicted molar refractivity (Wildman–Crippen MR) is 106 cm³/mol. The third kappa shape index (κ3) is 1.99. The van der Waals surface area contributed by atoms with E-state index in [0.717, 1.165) is 35.1 Å². The highest BCUT2D eigenvalue weighted by Gasteiger charge is 2.67. The molecule has 0 amide bonds. The molecule has 2 heterocycles. The number of carbonyl (C=O) groups excluding carboxylic acids is 4. The van der Waals surface area contributed by atoms with Crippen molar-refractivity contribution < 1.29 is 28.7 Å². The number of carbonyl (C=O) groups is 4. The lowest BCUT2D eigenvalue weighted by atomic mass is 9.47. The number of benzene rings is 1. The highest BCUT2D eigenvalue weighted by atomic mass is 16.6. The molecule has 0 spiro atoms. The van der Waals surface area contributed by atoms with Gasteiger partial charge in [-0.25, -0.2) is 0 Å². The molecule has 6 heteroatoms. The minimum absolute atomic E-state index is 0.108. The summed E-state index contributed by atoms with van der Waals surface area (Å²) in [7, 11) is 0. The summed E-state index contributed by atoms with van der Waals surface area (Å²) in [5.74, 6) is -5.18. The van der Waals surface area contributed by atoms with Crippen LogP contribution in [0.4, 0.5) is 0 Å². The Balaban J connectivity index is 1.54. The minimum atomic E-state index is -0.593.